The van der Waals surface area contributed by atoms with E-state index in [1.165, 1.54) is 0 Å². The first-order valence-corrected chi connectivity index (χ1v) is 4.46. The quantitative estimate of drug-likeness (QED) is 0.544. The van der Waals surface area contributed by atoms with E-state index in [1.807, 2.05) is 13.0 Å². The summed E-state index contributed by atoms with van der Waals surface area (Å²) in [6.07, 6.45) is 1.76. The molecule has 3 nitrogen and oxygen atoms in total. The predicted molar refractivity (Wildman–Crippen MR) is 53.0 cm³/mol. The Kier molecular flexibility index (Phi) is 2.78. The lowest BCUT2D eigenvalue weighted by Crippen LogP contribution is -2.36. The van der Waals surface area contributed by atoms with Gasteiger partial charge in [-0.25, -0.2) is 0 Å². The minimum Gasteiger partial charge on any atom is -0.469 e. The molecule has 1 atom stereocenters. The summed E-state index contributed by atoms with van der Waals surface area (Å²) in [5.41, 5.74) is 4.00. The van der Waals surface area contributed by atoms with E-state index >= 15 is 0 Å². The maximum Gasteiger partial charge on any atom is 0.101 e. The molecule has 1 aromatic heterocycles. The summed E-state index contributed by atoms with van der Waals surface area (Å²) in [5, 5.41) is 0. The van der Waals surface area contributed by atoms with Gasteiger partial charge < -0.3 is 4.42 Å². The normalized spacial score (nSPS) is 14.5. The molecule has 0 aliphatic heterocycles. The van der Waals surface area contributed by atoms with Crippen molar-refractivity contribution >= 4 is 0 Å². The number of aryl methyl sites for hydroxylation is 1. The van der Waals surface area contributed by atoms with Crippen LogP contribution in [0.4, 0.5) is 0 Å². The lowest BCUT2D eigenvalue weighted by Gasteiger charge is -2.28. The smallest absolute Gasteiger partial charge is 0.101 e. The van der Waals surface area contributed by atoms with Crippen LogP contribution < -0.4 is 11.3 Å². The fourth-order valence-electron chi connectivity index (χ4n) is 1.46. The summed E-state index contributed by atoms with van der Waals surface area (Å²) in [5.74, 6) is 6.42. The van der Waals surface area contributed by atoms with Gasteiger partial charge in [-0.2, -0.15) is 0 Å². The van der Waals surface area contributed by atoms with Crippen molar-refractivity contribution in [1.82, 2.24) is 5.43 Å². The van der Waals surface area contributed by atoms with Crippen molar-refractivity contribution in [1.29, 1.82) is 0 Å². The summed E-state index contributed by atoms with van der Waals surface area (Å²) in [6, 6.07) is 2.14. The van der Waals surface area contributed by atoms with Crippen molar-refractivity contribution < 1.29 is 4.42 Å². The molecule has 13 heavy (non-hydrogen) atoms. The predicted octanol–water partition coefficient (Wildman–Crippen LogP) is 2.14. The molecule has 1 heterocycles. The SMILES string of the molecule is Cc1cc(C(NN)C(C)(C)C)co1. The number of hydrogen-bond acceptors (Lipinski definition) is 3. The first-order chi connectivity index (χ1) is 5.95. The van der Waals surface area contributed by atoms with E-state index in [1.54, 1.807) is 6.26 Å². The van der Waals surface area contributed by atoms with Crippen LogP contribution in [0.3, 0.4) is 0 Å². The third-order valence-corrected chi connectivity index (χ3v) is 2.12. The van der Waals surface area contributed by atoms with E-state index in [0.717, 1.165) is 11.3 Å². The Bertz CT molecular complexity index is 273. The Morgan fingerprint density at radius 2 is 2.08 bits per heavy atom. The van der Waals surface area contributed by atoms with E-state index in [0.29, 0.717) is 0 Å². The van der Waals surface area contributed by atoms with Crippen LogP contribution in [0.25, 0.3) is 0 Å². The van der Waals surface area contributed by atoms with Gasteiger partial charge in [0.05, 0.1) is 12.3 Å². The standard InChI is InChI=1S/C10H18N2O/c1-7-5-8(6-13-7)9(12-11)10(2,3)4/h5-6,9,12H,11H2,1-4H3. The van der Waals surface area contributed by atoms with Gasteiger partial charge in [-0.15, -0.1) is 0 Å². The van der Waals surface area contributed by atoms with E-state index < -0.39 is 0 Å². The lowest BCUT2D eigenvalue weighted by atomic mass is 9.84. The van der Waals surface area contributed by atoms with Gasteiger partial charge in [-0.05, 0) is 18.4 Å². The fourth-order valence-corrected chi connectivity index (χ4v) is 1.46. The number of hydrogen-bond donors (Lipinski definition) is 2. The Morgan fingerprint density at radius 1 is 1.46 bits per heavy atom. The molecule has 74 valence electrons. The van der Waals surface area contributed by atoms with Crippen molar-refractivity contribution in [3.63, 3.8) is 0 Å². The highest BCUT2D eigenvalue weighted by molar-refractivity contribution is 5.18. The monoisotopic (exact) mass is 182 g/mol. The Hall–Kier alpha value is -0.800. The molecule has 3 N–H and O–H groups in total. The second kappa shape index (κ2) is 3.52. The van der Waals surface area contributed by atoms with Gasteiger partial charge in [0.15, 0.2) is 0 Å². The molecule has 0 spiro atoms. The molecule has 3 heteroatoms. The number of rotatable bonds is 2. The first-order valence-electron chi connectivity index (χ1n) is 4.46. The van der Waals surface area contributed by atoms with Crippen LogP contribution >= 0.6 is 0 Å². The van der Waals surface area contributed by atoms with Gasteiger partial charge in [0.2, 0.25) is 0 Å². The van der Waals surface area contributed by atoms with Gasteiger partial charge in [0.1, 0.15) is 5.76 Å². The van der Waals surface area contributed by atoms with Crippen molar-refractivity contribution in [3.8, 4) is 0 Å². The van der Waals surface area contributed by atoms with Crippen molar-refractivity contribution in [2.75, 3.05) is 0 Å². The van der Waals surface area contributed by atoms with Gasteiger partial charge in [0, 0.05) is 5.56 Å². The Labute approximate surface area is 79.3 Å². The summed E-state index contributed by atoms with van der Waals surface area (Å²) < 4.78 is 5.25. The molecule has 0 aliphatic carbocycles. The van der Waals surface area contributed by atoms with Crippen LogP contribution in [0.1, 0.15) is 38.1 Å². The summed E-state index contributed by atoms with van der Waals surface area (Å²) in [4.78, 5) is 0. The Morgan fingerprint density at radius 3 is 2.38 bits per heavy atom. The van der Waals surface area contributed by atoms with Crippen LogP contribution in [0, 0.1) is 12.3 Å². The van der Waals surface area contributed by atoms with Crippen LogP contribution in [-0.2, 0) is 0 Å². The third-order valence-electron chi connectivity index (χ3n) is 2.12. The third kappa shape index (κ3) is 2.32. The number of nitrogens with two attached hydrogens (primary N) is 1. The zero-order valence-electron chi connectivity index (χ0n) is 8.72. The van der Waals surface area contributed by atoms with Gasteiger partial charge in [0.25, 0.3) is 0 Å². The fraction of sp³-hybridized carbons (Fsp3) is 0.600. The maximum atomic E-state index is 5.51. The average Bonchev–Trinajstić information content (AvgIpc) is 2.34. The highest BCUT2D eigenvalue weighted by Gasteiger charge is 2.26. The topological polar surface area (TPSA) is 51.2 Å². The van der Waals surface area contributed by atoms with E-state index in [4.69, 9.17) is 10.3 Å². The maximum absolute atomic E-state index is 5.51. The zero-order chi connectivity index (χ0) is 10.1. The van der Waals surface area contributed by atoms with Gasteiger partial charge in [-0.1, -0.05) is 20.8 Å². The summed E-state index contributed by atoms with van der Waals surface area (Å²) in [7, 11) is 0. The summed E-state index contributed by atoms with van der Waals surface area (Å²) in [6.45, 7) is 8.35. The molecule has 0 aliphatic rings. The van der Waals surface area contributed by atoms with Crippen LogP contribution in [0.2, 0.25) is 0 Å². The zero-order valence-corrected chi connectivity index (χ0v) is 8.72. The molecule has 1 rings (SSSR count). The molecule has 0 fully saturated rings. The first kappa shape index (κ1) is 10.3. The Balaban J connectivity index is 2.91. The van der Waals surface area contributed by atoms with E-state index in [2.05, 4.69) is 26.2 Å². The van der Waals surface area contributed by atoms with Crippen LogP contribution in [-0.4, -0.2) is 0 Å². The van der Waals surface area contributed by atoms with E-state index in [9.17, 15) is 0 Å². The summed E-state index contributed by atoms with van der Waals surface area (Å²) >= 11 is 0. The lowest BCUT2D eigenvalue weighted by molar-refractivity contribution is 0.274. The van der Waals surface area contributed by atoms with Crippen molar-refractivity contribution in [2.24, 2.45) is 11.3 Å². The van der Waals surface area contributed by atoms with Crippen molar-refractivity contribution in [3.05, 3.63) is 23.7 Å². The number of furan rings is 1. The molecule has 0 saturated carbocycles. The van der Waals surface area contributed by atoms with Crippen LogP contribution in [0.15, 0.2) is 16.7 Å². The van der Waals surface area contributed by atoms with Gasteiger partial charge >= 0.3 is 0 Å². The largest absolute Gasteiger partial charge is 0.469 e. The highest BCUT2D eigenvalue weighted by atomic mass is 16.3. The van der Waals surface area contributed by atoms with Crippen LogP contribution in [0.5, 0.6) is 0 Å². The second-order valence-electron chi connectivity index (χ2n) is 4.46. The second-order valence-corrected chi connectivity index (χ2v) is 4.46. The molecular formula is C10H18N2O. The molecule has 0 radical (unpaired) electrons. The van der Waals surface area contributed by atoms with Gasteiger partial charge in [-0.3, -0.25) is 11.3 Å². The molecule has 0 bridgehead atoms. The number of nitrogens with one attached hydrogen (secondary N) is 1. The molecule has 1 aromatic rings. The minimum atomic E-state index is 0.0884. The van der Waals surface area contributed by atoms with E-state index in [-0.39, 0.29) is 11.5 Å². The average molecular weight is 182 g/mol. The molecule has 0 saturated heterocycles. The van der Waals surface area contributed by atoms with Crippen molar-refractivity contribution in [2.45, 2.75) is 33.7 Å². The molecule has 1 unspecified atom stereocenters. The highest BCUT2D eigenvalue weighted by Crippen LogP contribution is 2.32. The molecule has 0 aromatic carbocycles. The molecule has 0 amide bonds. The molecular weight excluding hydrogens is 164 g/mol. The number of hydrazine groups is 1. The minimum absolute atomic E-state index is 0.0884.